The SMILES string of the molecule is CCOC(=O)c1[nH]c2ccccc2c1/C=C(\NC(C)=O)C(=O)OC. The molecule has 7 nitrogen and oxygen atoms in total. The van der Waals surface area contributed by atoms with Gasteiger partial charge in [-0.3, -0.25) is 4.79 Å². The lowest BCUT2D eigenvalue weighted by Crippen LogP contribution is -2.25. The van der Waals surface area contributed by atoms with Gasteiger partial charge in [0, 0.05) is 23.4 Å². The van der Waals surface area contributed by atoms with E-state index in [2.05, 4.69) is 15.0 Å². The van der Waals surface area contributed by atoms with E-state index in [9.17, 15) is 14.4 Å². The van der Waals surface area contributed by atoms with E-state index in [-0.39, 0.29) is 18.0 Å². The van der Waals surface area contributed by atoms with Crippen LogP contribution in [0, 0.1) is 0 Å². The van der Waals surface area contributed by atoms with Crippen LogP contribution in [0.2, 0.25) is 0 Å². The van der Waals surface area contributed by atoms with Crippen LogP contribution < -0.4 is 5.32 Å². The number of H-pyrrole nitrogens is 1. The molecule has 1 aromatic heterocycles. The van der Waals surface area contributed by atoms with Gasteiger partial charge < -0.3 is 19.8 Å². The molecule has 1 amide bonds. The van der Waals surface area contributed by atoms with Crippen molar-refractivity contribution in [1.82, 2.24) is 10.3 Å². The molecule has 0 atom stereocenters. The van der Waals surface area contributed by atoms with E-state index in [1.54, 1.807) is 25.1 Å². The summed E-state index contributed by atoms with van der Waals surface area (Å²) in [4.78, 5) is 38.4. The molecule has 0 bridgehead atoms. The van der Waals surface area contributed by atoms with Crippen molar-refractivity contribution in [3.8, 4) is 0 Å². The number of benzene rings is 1. The number of carbonyl (C=O) groups is 3. The number of aromatic amines is 1. The fourth-order valence-electron chi connectivity index (χ4n) is 2.27. The van der Waals surface area contributed by atoms with Crippen LogP contribution >= 0.6 is 0 Å². The van der Waals surface area contributed by atoms with Crippen molar-refractivity contribution in [1.29, 1.82) is 0 Å². The Bertz CT molecular complexity index is 819. The topological polar surface area (TPSA) is 97.5 Å². The Labute approximate surface area is 138 Å². The fraction of sp³-hybridized carbons (Fsp3) is 0.235. The predicted octanol–water partition coefficient (Wildman–Crippen LogP) is 1.99. The highest BCUT2D eigenvalue weighted by molar-refractivity contribution is 6.06. The van der Waals surface area contributed by atoms with Gasteiger partial charge in [0.15, 0.2) is 0 Å². The van der Waals surface area contributed by atoms with E-state index >= 15 is 0 Å². The first-order valence-corrected chi connectivity index (χ1v) is 7.33. The highest BCUT2D eigenvalue weighted by Gasteiger charge is 2.20. The van der Waals surface area contributed by atoms with Crippen molar-refractivity contribution in [3.05, 3.63) is 41.2 Å². The molecular weight excluding hydrogens is 312 g/mol. The molecule has 126 valence electrons. The van der Waals surface area contributed by atoms with Crippen LogP contribution in [0.3, 0.4) is 0 Å². The first kappa shape index (κ1) is 17.3. The Morgan fingerprint density at radius 2 is 1.96 bits per heavy atom. The number of ether oxygens (including phenoxy) is 2. The highest BCUT2D eigenvalue weighted by atomic mass is 16.5. The first-order valence-electron chi connectivity index (χ1n) is 7.33. The lowest BCUT2D eigenvalue weighted by molar-refractivity contribution is -0.137. The van der Waals surface area contributed by atoms with E-state index < -0.39 is 17.8 Å². The third-order valence-electron chi connectivity index (χ3n) is 3.23. The number of fused-ring (bicyclic) bond motifs is 1. The highest BCUT2D eigenvalue weighted by Crippen LogP contribution is 2.25. The molecule has 0 aliphatic rings. The molecule has 0 saturated heterocycles. The largest absolute Gasteiger partial charge is 0.464 e. The van der Waals surface area contributed by atoms with Gasteiger partial charge in [-0.25, -0.2) is 9.59 Å². The van der Waals surface area contributed by atoms with Gasteiger partial charge in [-0.2, -0.15) is 0 Å². The number of aromatic nitrogens is 1. The van der Waals surface area contributed by atoms with Crippen LogP contribution in [-0.4, -0.2) is 36.5 Å². The minimum Gasteiger partial charge on any atom is -0.464 e. The Balaban J connectivity index is 2.65. The molecule has 2 N–H and O–H groups in total. The van der Waals surface area contributed by atoms with Crippen molar-refractivity contribution < 1.29 is 23.9 Å². The van der Waals surface area contributed by atoms with Crippen LogP contribution in [0.4, 0.5) is 0 Å². The number of rotatable bonds is 5. The van der Waals surface area contributed by atoms with E-state index in [0.29, 0.717) is 16.5 Å². The van der Waals surface area contributed by atoms with Crippen LogP contribution in [0.25, 0.3) is 17.0 Å². The van der Waals surface area contributed by atoms with Crippen molar-refractivity contribution >= 4 is 34.8 Å². The summed E-state index contributed by atoms with van der Waals surface area (Å²) >= 11 is 0. The summed E-state index contributed by atoms with van der Waals surface area (Å²) in [5.41, 5.74) is 1.28. The molecule has 0 spiro atoms. The number of methoxy groups -OCH3 is 1. The Morgan fingerprint density at radius 1 is 1.25 bits per heavy atom. The van der Waals surface area contributed by atoms with Gasteiger partial charge in [0.1, 0.15) is 11.4 Å². The standard InChI is InChI=1S/C17H18N2O5/c1-4-24-17(22)15-12(11-7-5-6-8-13(11)19-15)9-14(16(21)23-3)18-10(2)20/h5-9,19H,4H2,1-3H3,(H,18,20)/b14-9-. The lowest BCUT2D eigenvalue weighted by Gasteiger charge is -2.07. The zero-order chi connectivity index (χ0) is 17.7. The molecular formula is C17H18N2O5. The van der Waals surface area contributed by atoms with Crippen LogP contribution in [0.5, 0.6) is 0 Å². The molecule has 2 aromatic rings. The van der Waals surface area contributed by atoms with Gasteiger partial charge in [0.2, 0.25) is 5.91 Å². The molecule has 0 saturated carbocycles. The molecule has 24 heavy (non-hydrogen) atoms. The second kappa shape index (κ2) is 7.45. The Kier molecular flexibility index (Phi) is 5.36. The molecule has 0 fully saturated rings. The maximum absolute atomic E-state index is 12.2. The summed E-state index contributed by atoms with van der Waals surface area (Å²) in [6.45, 7) is 3.19. The van der Waals surface area contributed by atoms with E-state index in [1.165, 1.54) is 20.1 Å². The van der Waals surface area contributed by atoms with Gasteiger partial charge in [0.25, 0.3) is 0 Å². The quantitative estimate of drug-likeness (QED) is 0.645. The summed E-state index contributed by atoms with van der Waals surface area (Å²) in [5.74, 6) is -1.69. The third-order valence-corrected chi connectivity index (χ3v) is 3.23. The third kappa shape index (κ3) is 3.62. The second-order valence-electron chi connectivity index (χ2n) is 4.91. The summed E-state index contributed by atoms with van der Waals surface area (Å²) in [5, 5.41) is 3.13. The smallest absolute Gasteiger partial charge is 0.355 e. The van der Waals surface area contributed by atoms with E-state index in [1.807, 2.05) is 6.07 Å². The van der Waals surface area contributed by atoms with Crippen LogP contribution in [0.1, 0.15) is 29.9 Å². The van der Waals surface area contributed by atoms with E-state index in [0.717, 1.165) is 0 Å². The molecule has 0 aliphatic heterocycles. The zero-order valence-electron chi connectivity index (χ0n) is 13.6. The average molecular weight is 330 g/mol. The molecule has 7 heteroatoms. The van der Waals surface area contributed by atoms with E-state index in [4.69, 9.17) is 4.74 Å². The minimum absolute atomic E-state index is 0.0692. The van der Waals surface area contributed by atoms with Crippen LogP contribution in [-0.2, 0) is 19.1 Å². The van der Waals surface area contributed by atoms with Crippen LogP contribution in [0.15, 0.2) is 30.0 Å². The molecule has 1 heterocycles. The maximum atomic E-state index is 12.2. The number of hydrogen-bond acceptors (Lipinski definition) is 5. The number of hydrogen-bond donors (Lipinski definition) is 2. The number of esters is 2. The first-order chi connectivity index (χ1) is 11.5. The Hall–Kier alpha value is -3.09. The molecule has 0 radical (unpaired) electrons. The van der Waals surface area contributed by atoms with Gasteiger partial charge in [-0.05, 0) is 19.1 Å². The monoisotopic (exact) mass is 330 g/mol. The normalized spacial score (nSPS) is 11.2. The summed E-state index contributed by atoms with van der Waals surface area (Å²) < 4.78 is 9.72. The van der Waals surface area contributed by atoms with Crippen molar-refractivity contribution in [2.75, 3.05) is 13.7 Å². The minimum atomic E-state index is -0.717. The fourth-order valence-corrected chi connectivity index (χ4v) is 2.27. The second-order valence-corrected chi connectivity index (χ2v) is 4.91. The van der Waals surface area contributed by atoms with Gasteiger partial charge in [-0.15, -0.1) is 0 Å². The van der Waals surface area contributed by atoms with Crippen molar-refractivity contribution in [2.24, 2.45) is 0 Å². The number of amides is 1. The molecule has 1 aromatic carbocycles. The summed E-state index contributed by atoms with van der Waals surface area (Å²) in [6.07, 6.45) is 1.40. The number of para-hydroxylation sites is 1. The number of carbonyl (C=O) groups excluding carboxylic acids is 3. The predicted molar refractivity (Wildman–Crippen MR) is 88.1 cm³/mol. The lowest BCUT2D eigenvalue weighted by atomic mass is 10.1. The van der Waals surface area contributed by atoms with Gasteiger partial charge >= 0.3 is 11.9 Å². The van der Waals surface area contributed by atoms with Crippen molar-refractivity contribution in [2.45, 2.75) is 13.8 Å². The zero-order valence-corrected chi connectivity index (χ0v) is 13.6. The summed E-state index contributed by atoms with van der Waals surface area (Å²) in [7, 11) is 1.21. The average Bonchev–Trinajstić information content (AvgIpc) is 2.92. The summed E-state index contributed by atoms with van der Waals surface area (Å²) in [6, 6.07) is 7.21. The number of nitrogens with one attached hydrogen (secondary N) is 2. The van der Waals surface area contributed by atoms with Crippen molar-refractivity contribution in [3.63, 3.8) is 0 Å². The maximum Gasteiger partial charge on any atom is 0.355 e. The molecule has 0 aliphatic carbocycles. The van der Waals surface area contributed by atoms with Gasteiger partial charge in [0.05, 0.1) is 13.7 Å². The molecule has 0 unspecified atom stereocenters. The van der Waals surface area contributed by atoms with Gasteiger partial charge in [-0.1, -0.05) is 18.2 Å². The molecule has 2 rings (SSSR count). The Morgan fingerprint density at radius 3 is 2.58 bits per heavy atom.